The van der Waals surface area contributed by atoms with Crippen LogP contribution >= 0.6 is 11.6 Å². The minimum absolute atomic E-state index is 0.0786. The zero-order valence-corrected chi connectivity index (χ0v) is 15.7. The van der Waals surface area contributed by atoms with Crippen molar-refractivity contribution in [3.05, 3.63) is 46.7 Å². The molecule has 138 valence electrons. The third-order valence-corrected chi connectivity index (χ3v) is 4.77. The second-order valence-corrected chi connectivity index (χ2v) is 6.93. The molecule has 1 fully saturated rings. The van der Waals surface area contributed by atoms with Crippen molar-refractivity contribution in [3.63, 3.8) is 0 Å². The van der Waals surface area contributed by atoms with Crippen molar-refractivity contribution < 1.29 is 9.59 Å². The van der Waals surface area contributed by atoms with E-state index in [0.29, 0.717) is 23.8 Å². The standard InChI is InChI=1S/C19H23ClN4O2/c1-3-9-21-19(26)17-16(11-24(4-2)23-17)22-18(25)15-10-14(15)12-5-7-13(20)8-6-12/h5-8,11,14-15H,3-4,9-10H2,1-2H3,(H,21,26)(H,22,25). The summed E-state index contributed by atoms with van der Waals surface area (Å²) in [4.78, 5) is 24.9. The molecular formula is C19H23ClN4O2. The SMILES string of the molecule is CCCNC(=O)c1nn(CC)cc1NC(=O)C1CC1c1ccc(Cl)cc1. The van der Waals surface area contributed by atoms with Crippen molar-refractivity contribution >= 4 is 29.1 Å². The number of hydrogen-bond acceptors (Lipinski definition) is 3. The summed E-state index contributed by atoms with van der Waals surface area (Å²) < 4.78 is 1.65. The van der Waals surface area contributed by atoms with Crippen LogP contribution in [0, 0.1) is 5.92 Å². The van der Waals surface area contributed by atoms with E-state index >= 15 is 0 Å². The molecule has 1 heterocycles. The lowest BCUT2D eigenvalue weighted by molar-refractivity contribution is -0.117. The lowest BCUT2D eigenvalue weighted by Gasteiger charge is -2.06. The second-order valence-electron chi connectivity index (χ2n) is 6.49. The number of halogens is 1. The number of aryl methyl sites for hydroxylation is 1. The molecule has 26 heavy (non-hydrogen) atoms. The summed E-state index contributed by atoms with van der Waals surface area (Å²) in [5.41, 5.74) is 1.84. The van der Waals surface area contributed by atoms with E-state index in [0.717, 1.165) is 18.4 Å². The zero-order chi connectivity index (χ0) is 18.7. The summed E-state index contributed by atoms with van der Waals surface area (Å²) in [6.45, 7) is 5.12. The van der Waals surface area contributed by atoms with E-state index in [1.165, 1.54) is 0 Å². The van der Waals surface area contributed by atoms with Crippen molar-refractivity contribution in [2.24, 2.45) is 5.92 Å². The third kappa shape index (κ3) is 4.07. The van der Waals surface area contributed by atoms with Gasteiger partial charge in [-0.25, -0.2) is 0 Å². The Morgan fingerprint density at radius 2 is 2.00 bits per heavy atom. The fourth-order valence-electron chi connectivity index (χ4n) is 2.95. The first-order chi connectivity index (χ1) is 12.5. The lowest BCUT2D eigenvalue weighted by atomic mass is 10.1. The molecule has 7 heteroatoms. The summed E-state index contributed by atoms with van der Waals surface area (Å²) in [5, 5.41) is 10.7. The average molecular weight is 375 g/mol. The molecule has 2 aromatic rings. The van der Waals surface area contributed by atoms with Crippen LogP contribution in [0.25, 0.3) is 0 Å². The number of hydrogen-bond donors (Lipinski definition) is 2. The van der Waals surface area contributed by atoms with Gasteiger partial charge in [-0.05, 0) is 43.4 Å². The lowest BCUT2D eigenvalue weighted by Crippen LogP contribution is -2.26. The van der Waals surface area contributed by atoms with Crippen LogP contribution in [0.3, 0.4) is 0 Å². The molecule has 2 amide bonds. The average Bonchev–Trinajstić information content (AvgIpc) is 3.34. The predicted octanol–water partition coefficient (Wildman–Crippen LogP) is 3.44. The van der Waals surface area contributed by atoms with E-state index < -0.39 is 0 Å². The quantitative estimate of drug-likeness (QED) is 0.779. The monoisotopic (exact) mass is 374 g/mol. The highest BCUT2D eigenvalue weighted by Gasteiger charge is 2.44. The van der Waals surface area contributed by atoms with Gasteiger partial charge in [0.05, 0.1) is 5.69 Å². The first-order valence-electron chi connectivity index (χ1n) is 8.95. The topological polar surface area (TPSA) is 76.0 Å². The summed E-state index contributed by atoms with van der Waals surface area (Å²) in [6, 6.07) is 7.59. The molecule has 1 aliphatic carbocycles. The van der Waals surface area contributed by atoms with Gasteiger partial charge in [-0.2, -0.15) is 5.10 Å². The Balaban J connectivity index is 1.68. The minimum atomic E-state index is -0.264. The summed E-state index contributed by atoms with van der Waals surface area (Å²) in [6.07, 6.45) is 3.35. The Labute approximate surface area is 157 Å². The Morgan fingerprint density at radius 3 is 2.65 bits per heavy atom. The van der Waals surface area contributed by atoms with E-state index in [1.807, 2.05) is 38.1 Å². The van der Waals surface area contributed by atoms with Crippen LogP contribution in [0.4, 0.5) is 5.69 Å². The van der Waals surface area contributed by atoms with E-state index in [1.54, 1.807) is 10.9 Å². The number of carbonyl (C=O) groups excluding carboxylic acids is 2. The number of anilines is 1. The highest BCUT2D eigenvalue weighted by atomic mass is 35.5. The van der Waals surface area contributed by atoms with Crippen LogP contribution in [0.2, 0.25) is 5.02 Å². The Hall–Kier alpha value is -2.34. The number of nitrogens with zero attached hydrogens (tertiary/aromatic N) is 2. The van der Waals surface area contributed by atoms with E-state index in [4.69, 9.17) is 11.6 Å². The fourth-order valence-corrected chi connectivity index (χ4v) is 3.08. The Bertz CT molecular complexity index is 800. The van der Waals surface area contributed by atoms with Crippen LogP contribution in [-0.4, -0.2) is 28.1 Å². The fraction of sp³-hybridized carbons (Fsp3) is 0.421. The normalized spacial score (nSPS) is 18.4. The predicted molar refractivity (Wildman–Crippen MR) is 101 cm³/mol. The molecule has 1 aliphatic rings. The van der Waals surface area contributed by atoms with Gasteiger partial charge in [0.15, 0.2) is 5.69 Å². The molecule has 1 aromatic heterocycles. The number of rotatable bonds is 7. The second kappa shape index (κ2) is 7.91. The maximum absolute atomic E-state index is 12.6. The van der Waals surface area contributed by atoms with Gasteiger partial charge in [0.2, 0.25) is 5.91 Å². The maximum atomic E-state index is 12.6. The summed E-state index contributed by atoms with van der Waals surface area (Å²) in [7, 11) is 0. The molecule has 1 aromatic carbocycles. The van der Waals surface area contributed by atoms with Gasteiger partial charge in [-0.1, -0.05) is 30.7 Å². The maximum Gasteiger partial charge on any atom is 0.273 e. The van der Waals surface area contributed by atoms with Crippen molar-refractivity contribution in [1.29, 1.82) is 0 Å². The van der Waals surface area contributed by atoms with Crippen LogP contribution in [0.5, 0.6) is 0 Å². The van der Waals surface area contributed by atoms with Gasteiger partial charge in [-0.3, -0.25) is 14.3 Å². The molecule has 2 atom stereocenters. The third-order valence-electron chi connectivity index (χ3n) is 4.52. The number of amides is 2. The molecule has 1 saturated carbocycles. The molecule has 2 unspecified atom stereocenters. The van der Waals surface area contributed by atoms with Gasteiger partial charge < -0.3 is 10.6 Å². The van der Waals surface area contributed by atoms with Gasteiger partial charge in [0.1, 0.15) is 0 Å². The number of benzene rings is 1. The Kier molecular flexibility index (Phi) is 5.61. The molecule has 3 rings (SSSR count). The highest BCUT2D eigenvalue weighted by Crippen LogP contribution is 2.48. The van der Waals surface area contributed by atoms with Crippen molar-refractivity contribution in [3.8, 4) is 0 Å². The largest absolute Gasteiger partial charge is 0.351 e. The van der Waals surface area contributed by atoms with Crippen molar-refractivity contribution in [1.82, 2.24) is 15.1 Å². The molecule has 0 bridgehead atoms. The Morgan fingerprint density at radius 1 is 1.27 bits per heavy atom. The molecule has 0 spiro atoms. The van der Waals surface area contributed by atoms with E-state index in [2.05, 4.69) is 15.7 Å². The first kappa shape index (κ1) is 18.5. The van der Waals surface area contributed by atoms with E-state index in [9.17, 15) is 9.59 Å². The van der Waals surface area contributed by atoms with Crippen LogP contribution in [0.1, 0.15) is 48.7 Å². The van der Waals surface area contributed by atoms with Gasteiger partial charge in [-0.15, -0.1) is 0 Å². The molecular weight excluding hydrogens is 352 g/mol. The van der Waals surface area contributed by atoms with Crippen molar-refractivity contribution in [2.75, 3.05) is 11.9 Å². The molecule has 0 radical (unpaired) electrons. The number of aromatic nitrogens is 2. The first-order valence-corrected chi connectivity index (χ1v) is 9.33. The number of carbonyl (C=O) groups is 2. The minimum Gasteiger partial charge on any atom is -0.351 e. The van der Waals surface area contributed by atoms with Crippen LogP contribution < -0.4 is 10.6 Å². The van der Waals surface area contributed by atoms with Gasteiger partial charge in [0.25, 0.3) is 5.91 Å². The number of nitrogens with one attached hydrogen (secondary N) is 2. The smallest absolute Gasteiger partial charge is 0.273 e. The van der Waals surface area contributed by atoms with Gasteiger partial charge >= 0.3 is 0 Å². The zero-order valence-electron chi connectivity index (χ0n) is 15.0. The highest BCUT2D eigenvalue weighted by molar-refractivity contribution is 6.30. The molecule has 0 saturated heterocycles. The molecule has 0 aliphatic heterocycles. The van der Waals surface area contributed by atoms with Crippen LogP contribution in [0.15, 0.2) is 30.5 Å². The molecule has 6 nitrogen and oxygen atoms in total. The summed E-state index contributed by atoms with van der Waals surface area (Å²) >= 11 is 5.92. The van der Waals surface area contributed by atoms with E-state index in [-0.39, 0.29) is 29.3 Å². The summed E-state index contributed by atoms with van der Waals surface area (Å²) in [5.74, 6) is -0.233. The van der Waals surface area contributed by atoms with Crippen molar-refractivity contribution in [2.45, 2.75) is 39.2 Å². The molecule has 2 N–H and O–H groups in total. The van der Waals surface area contributed by atoms with Gasteiger partial charge in [0, 0.05) is 30.2 Å². The van der Waals surface area contributed by atoms with Crippen LogP contribution in [-0.2, 0) is 11.3 Å².